The van der Waals surface area contributed by atoms with Crippen LogP contribution in [0.5, 0.6) is 0 Å². The van der Waals surface area contributed by atoms with Crippen LogP contribution in [0, 0.1) is 18.3 Å². The molecule has 32 heavy (non-hydrogen) atoms. The van der Waals surface area contributed by atoms with Gasteiger partial charge in [0.15, 0.2) is 0 Å². The lowest BCUT2D eigenvalue weighted by Gasteiger charge is -2.21. The number of rotatable bonds is 7. The average molecular weight is 434 g/mol. The standard InChI is InChI=1S/C23H27N7O2/c1-14-7-20(30(29-14)11-15(2)32-4)28-22-25-6-5-19(27-22)16-8-17(10-24)21-18(9-16)23(3,13-31)12-26-21/h5-9,15,26,31H,11-13H2,1-4H3,(H,25,27,28). The Morgan fingerprint density at radius 2 is 2.22 bits per heavy atom. The fourth-order valence-electron chi connectivity index (χ4n) is 3.86. The zero-order valence-electron chi connectivity index (χ0n) is 18.7. The highest BCUT2D eigenvalue weighted by Gasteiger charge is 2.36. The van der Waals surface area contributed by atoms with Crippen molar-refractivity contribution in [1.29, 1.82) is 5.26 Å². The van der Waals surface area contributed by atoms with Gasteiger partial charge in [-0.15, -0.1) is 0 Å². The first-order valence-corrected chi connectivity index (χ1v) is 10.5. The number of hydrogen-bond acceptors (Lipinski definition) is 8. The monoisotopic (exact) mass is 433 g/mol. The van der Waals surface area contributed by atoms with Gasteiger partial charge in [-0.1, -0.05) is 6.92 Å². The molecule has 0 radical (unpaired) electrons. The molecule has 0 amide bonds. The maximum Gasteiger partial charge on any atom is 0.228 e. The van der Waals surface area contributed by atoms with Gasteiger partial charge in [-0.2, -0.15) is 10.4 Å². The Hall–Kier alpha value is -3.48. The van der Waals surface area contributed by atoms with Crippen molar-refractivity contribution in [3.8, 4) is 17.3 Å². The molecule has 3 aromatic rings. The minimum atomic E-state index is -0.451. The van der Waals surface area contributed by atoms with Gasteiger partial charge < -0.3 is 20.5 Å². The first kappa shape index (κ1) is 21.7. The molecule has 0 spiro atoms. The normalized spacial score (nSPS) is 18.0. The molecule has 166 valence electrons. The number of ether oxygens (including phenoxy) is 1. The average Bonchev–Trinajstić information content (AvgIpc) is 3.32. The number of aliphatic hydroxyl groups is 1. The number of aryl methyl sites for hydroxylation is 1. The summed E-state index contributed by atoms with van der Waals surface area (Å²) in [6, 6.07) is 9.81. The molecule has 3 heterocycles. The molecule has 4 rings (SSSR count). The highest BCUT2D eigenvalue weighted by Crippen LogP contribution is 2.41. The number of nitrogens with zero attached hydrogens (tertiary/aromatic N) is 5. The number of aliphatic hydroxyl groups excluding tert-OH is 1. The molecule has 1 aliphatic heterocycles. The molecule has 0 bridgehead atoms. The SMILES string of the molecule is COC(C)Cn1nc(C)cc1Nc1nccc(-c2cc(C#N)c3c(c2)C(C)(CO)CN3)n1. The largest absolute Gasteiger partial charge is 0.395 e. The molecule has 0 fully saturated rings. The lowest BCUT2D eigenvalue weighted by molar-refractivity contribution is 0.100. The predicted molar refractivity (Wildman–Crippen MR) is 122 cm³/mol. The van der Waals surface area contributed by atoms with E-state index in [4.69, 9.17) is 4.74 Å². The number of nitrogens with one attached hydrogen (secondary N) is 2. The lowest BCUT2D eigenvalue weighted by Crippen LogP contribution is -2.28. The van der Waals surface area contributed by atoms with E-state index in [2.05, 4.69) is 31.8 Å². The third kappa shape index (κ3) is 4.02. The van der Waals surface area contributed by atoms with Crippen molar-refractivity contribution in [3.63, 3.8) is 0 Å². The van der Waals surface area contributed by atoms with E-state index in [9.17, 15) is 10.4 Å². The molecule has 0 saturated carbocycles. The van der Waals surface area contributed by atoms with Crippen LogP contribution in [0.25, 0.3) is 11.3 Å². The van der Waals surface area contributed by atoms with Crippen LogP contribution in [-0.4, -0.2) is 51.2 Å². The zero-order valence-corrected chi connectivity index (χ0v) is 18.7. The second kappa shape index (κ2) is 8.57. The molecule has 1 aliphatic rings. The van der Waals surface area contributed by atoms with E-state index in [1.54, 1.807) is 13.3 Å². The van der Waals surface area contributed by atoms with E-state index in [1.165, 1.54) is 0 Å². The van der Waals surface area contributed by atoms with Crippen molar-refractivity contribution >= 4 is 17.5 Å². The summed E-state index contributed by atoms with van der Waals surface area (Å²) in [7, 11) is 1.67. The molecule has 2 aromatic heterocycles. The van der Waals surface area contributed by atoms with E-state index in [-0.39, 0.29) is 12.7 Å². The molecule has 9 nitrogen and oxygen atoms in total. The van der Waals surface area contributed by atoms with Gasteiger partial charge in [0, 0.05) is 36.9 Å². The van der Waals surface area contributed by atoms with Gasteiger partial charge in [0.25, 0.3) is 0 Å². The summed E-state index contributed by atoms with van der Waals surface area (Å²) in [6.45, 7) is 7.05. The van der Waals surface area contributed by atoms with Gasteiger partial charge in [-0.25, -0.2) is 14.6 Å². The van der Waals surface area contributed by atoms with Crippen LogP contribution in [0.2, 0.25) is 0 Å². The molecular formula is C23H27N7O2. The summed E-state index contributed by atoms with van der Waals surface area (Å²) >= 11 is 0. The van der Waals surface area contributed by atoms with Crippen LogP contribution in [0.15, 0.2) is 30.5 Å². The van der Waals surface area contributed by atoms with E-state index >= 15 is 0 Å². The Morgan fingerprint density at radius 3 is 2.94 bits per heavy atom. The first-order valence-electron chi connectivity index (χ1n) is 10.5. The van der Waals surface area contributed by atoms with Gasteiger partial charge >= 0.3 is 0 Å². The number of fused-ring (bicyclic) bond motifs is 1. The Labute approximate surface area is 187 Å². The number of methoxy groups -OCH3 is 1. The second-order valence-corrected chi connectivity index (χ2v) is 8.42. The van der Waals surface area contributed by atoms with Gasteiger partial charge in [0.2, 0.25) is 5.95 Å². The molecule has 9 heteroatoms. The van der Waals surface area contributed by atoms with E-state index in [0.29, 0.717) is 30.3 Å². The third-order valence-electron chi connectivity index (χ3n) is 5.84. The second-order valence-electron chi connectivity index (χ2n) is 8.42. The van der Waals surface area contributed by atoms with Gasteiger partial charge in [-0.05, 0) is 37.6 Å². The first-order chi connectivity index (χ1) is 15.4. The quantitative estimate of drug-likeness (QED) is 0.520. The van der Waals surface area contributed by atoms with Crippen LogP contribution < -0.4 is 10.6 Å². The summed E-state index contributed by atoms with van der Waals surface area (Å²) in [4.78, 5) is 9.03. The number of hydrogen-bond donors (Lipinski definition) is 3. The van der Waals surface area contributed by atoms with Gasteiger partial charge in [-0.3, -0.25) is 0 Å². The van der Waals surface area contributed by atoms with Crippen LogP contribution in [-0.2, 0) is 16.7 Å². The van der Waals surface area contributed by atoms with Crippen molar-refractivity contribution in [3.05, 3.63) is 47.3 Å². The fourth-order valence-corrected chi connectivity index (χ4v) is 3.86. The van der Waals surface area contributed by atoms with E-state index in [1.807, 2.05) is 49.7 Å². The number of benzene rings is 1. The predicted octanol–water partition coefficient (Wildman–Crippen LogP) is 2.97. The zero-order chi connectivity index (χ0) is 22.9. The molecule has 2 atom stereocenters. The topological polar surface area (TPSA) is 121 Å². The Morgan fingerprint density at radius 1 is 1.41 bits per heavy atom. The van der Waals surface area contributed by atoms with Crippen molar-refractivity contribution in [2.24, 2.45) is 0 Å². The van der Waals surface area contributed by atoms with Crippen molar-refractivity contribution < 1.29 is 9.84 Å². The smallest absolute Gasteiger partial charge is 0.228 e. The maximum atomic E-state index is 9.94. The summed E-state index contributed by atoms with van der Waals surface area (Å²) in [6.07, 6.45) is 1.69. The summed E-state index contributed by atoms with van der Waals surface area (Å²) in [5.74, 6) is 1.20. The van der Waals surface area contributed by atoms with E-state index in [0.717, 1.165) is 28.3 Å². The number of nitriles is 1. The van der Waals surface area contributed by atoms with E-state index < -0.39 is 5.41 Å². The minimum absolute atomic E-state index is 0.00682. The lowest BCUT2D eigenvalue weighted by atomic mass is 9.83. The third-order valence-corrected chi connectivity index (χ3v) is 5.84. The summed E-state index contributed by atoms with van der Waals surface area (Å²) < 4.78 is 7.20. The summed E-state index contributed by atoms with van der Waals surface area (Å²) in [5, 5.41) is 30.6. The van der Waals surface area contributed by atoms with Gasteiger partial charge in [0.1, 0.15) is 11.9 Å². The minimum Gasteiger partial charge on any atom is -0.395 e. The molecule has 0 aliphatic carbocycles. The van der Waals surface area contributed by atoms with Crippen LogP contribution in [0.3, 0.4) is 0 Å². The van der Waals surface area contributed by atoms with Crippen molar-refractivity contribution in [1.82, 2.24) is 19.7 Å². The highest BCUT2D eigenvalue weighted by atomic mass is 16.5. The van der Waals surface area contributed by atoms with Crippen molar-refractivity contribution in [2.75, 3.05) is 30.9 Å². The molecule has 2 unspecified atom stereocenters. The fraction of sp³-hybridized carbons (Fsp3) is 0.391. The molecule has 3 N–H and O–H groups in total. The number of aromatic nitrogens is 4. The molecule has 0 saturated heterocycles. The highest BCUT2D eigenvalue weighted by molar-refractivity contribution is 5.76. The van der Waals surface area contributed by atoms with Crippen molar-refractivity contribution in [2.45, 2.75) is 38.8 Å². The Bertz CT molecular complexity index is 1180. The van der Waals surface area contributed by atoms with Crippen LogP contribution in [0.4, 0.5) is 17.5 Å². The van der Waals surface area contributed by atoms with Crippen LogP contribution >= 0.6 is 0 Å². The molecule has 1 aromatic carbocycles. The Kier molecular flexibility index (Phi) is 5.82. The molecular weight excluding hydrogens is 406 g/mol. The van der Waals surface area contributed by atoms with Gasteiger partial charge in [0.05, 0.1) is 41.9 Å². The Balaban J connectivity index is 1.68. The van der Waals surface area contributed by atoms with Crippen LogP contribution in [0.1, 0.15) is 30.7 Å². The maximum absolute atomic E-state index is 9.94. The number of anilines is 3. The summed E-state index contributed by atoms with van der Waals surface area (Å²) in [5.41, 5.74) is 4.14.